The van der Waals surface area contributed by atoms with Crippen molar-refractivity contribution in [2.75, 3.05) is 6.54 Å². The normalized spacial score (nSPS) is 11.6. The van der Waals surface area contributed by atoms with Crippen molar-refractivity contribution in [1.82, 2.24) is 10.3 Å². The number of nitrogens with one attached hydrogen (secondary N) is 1. The molecule has 1 aromatic heterocycles. The van der Waals surface area contributed by atoms with Crippen LogP contribution in [0.3, 0.4) is 0 Å². The number of alkyl carbamates (subject to hydrolysis) is 1. The van der Waals surface area contributed by atoms with Gasteiger partial charge in [-0.3, -0.25) is 4.98 Å². The van der Waals surface area contributed by atoms with Gasteiger partial charge in [0.05, 0.1) is 12.3 Å². The van der Waals surface area contributed by atoms with Crippen LogP contribution >= 0.6 is 0 Å². The van der Waals surface area contributed by atoms with Crippen molar-refractivity contribution in [2.45, 2.75) is 39.4 Å². The molecule has 5 nitrogen and oxygen atoms in total. The lowest BCUT2D eigenvalue weighted by atomic mass is 10.2. The van der Waals surface area contributed by atoms with Gasteiger partial charge in [0.1, 0.15) is 5.60 Å². The van der Waals surface area contributed by atoms with Gasteiger partial charge >= 0.3 is 6.09 Å². The summed E-state index contributed by atoms with van der Waals surface area (Å²) >= 11 is 0. The highest BCUT2D eigenvalue weighted by Crippen LogP contribution is 2.06. The van der Waals surface area contributed by atoms with Crippen molar-refractivity contribution in [3.8, 4) is 0 Å². The minimum absolute atomic E-state index is 0.00353. The molecule has 0 saturated carbocycles. The van der Waals surface area contributed by atoms with Crippen molar-refractivity contribution in [3.05, 3.63) is 35.7 Å². The fraction of sp³-hybridized carbons (Fsp3) is 0.467. The SMILES string of the molecule is CC(C)(C)OC(=O)NCCC=Cc1cc(CO)ccn1. The Kier molecular flexibility index (Phi) is 6.18. The molecule has 20 heavy (non-hydrogen) atoms. The van der Waals surface area contributed by atoms with Gasteiger partial charge in [0.25, 0.3) is 0 Å². The second-order valence-electron chi connectivity index (χ2n) is 5.37. The molecule has 5 heteroatoms. The Morgan fingerprint density at radius 1 is 1.50 bits per heavy atom. The summed E-state index contributed by atoms with van der Waals surface area (Å²) in [6, 6.07) is 3.58. The summed E-state index contributed by atoms with van der Waals surface area (Å²) in [6.45, 7) is 5.99. The Labute approximate surface area is 119 Å². The van der Waals surface area contributed by atoms with E-state index in [2.05, 4.69) is 10.3 Å². The smallest absolute Gasteiger partial charge is 0.407 e. The first kappa shape index (κ1) is 16.2. The monoisotopic (exact) mass is 278 g/mol. The summed E-state index contributed by atoms with van der Waals surface area (Å²) in [5.74, 6) is 0. The molecule has 0 aliphatic heterocycles. The number of hydrogen-bond acceptors (Lipinski definition) is 4. The van der Waals surface area contributed by atoms with E-state index in [-0.39, 0.29) is 6.61 Å². The van der Waals surface area contributed by atoms with Gasteiger partial charge in [-0.05, 0) is 51.0 Å². The van der Waals surface area contributed by atoms with E-state index in [9.17, 15) is 4.79 Å². The Morgan fingerprint density at radius 2 is 2.25 bits per heavy atom. The number of aromatic nitrogens is 1. The number of nitrogens with zero attached hydrogens (tertiary/aromatic N) is 1. The number of amides is 1. The predicted molar refractivity (Wildman–Crippen MR) is 78.0 cm³/mol. The van der Waals surface area contributed by atoms with E-state index in [0.29, 0.717) is 13.0 Å². The zero-order valence-corrected chi connectivity index (χ0v) is 12.2. The minimum atomic E-state index is -0.478. The molecule has 0 radical (unpaired) electrons. The highest BCUT2D eigenvalue weighted by atomic mass is 16.6. The van der Waals surface area contributed by atoms with Crippen LogP contribution in [-0.4, -0.2) is 28.3 Å². The van der Waals surface area contributed by atoms with Crippen LogP contribution in [0.4, 0.5) is 4.79 Å². The Balaban J connectivity index is 2.30. The number of ether oxygens (including phenoxy) is 1. The summed E-state index contributed by atoms with van der Waals surface area (Å²) in [6.07, 6.45) is 5.71. The Bertz CT molecular complexity index is 464. The van der Waals surface area contributed by atoms with E-state index in [1.54, 1.807) is 12.3 Å². The van der Waals surface area contributed by atoms with E-state index in [1.165, 1.54) is 0 Å². The summed E-state index contributed by atoms with van der Waals surface area (Å²) in [5, 5.41) is 11.7. The maximum atomic E-state index is 11.4. The van der Waals surface area contributed by atoms with Crippen LogP contribution < -0.4 is 5.32 Å². The van der Waals surface area contributed by atoms with Gasteiger partial charge in [0.15, 0.2) is 0 Å². The van der Waals surface area contributed by atoms with Gasteiger partial charge in [-0.15, -0.1) is 0 Å². The number of pyridine rings is 1. The van der Waals surface area contributed by atoms with Gasteiger partial charge in [0.2, 0.25) is 0 Å². The molecule has 2 N–H and O–H groups in total. The van der Waals surface area contributed by atoms with Gasteiger partial charge in [-0.2, -0.15) is 0 Å². The number of carbonyl (C=O) groups is 1. The summed E-state index contributed by atoms with van der Waals surface area (Å²) in [4.78, 5) is 15.5. The van der Waals surface area contributed by atoms with E-state index in [0.717, 1.165) is 11.3 Å². The molecular formula is C15H22N2O3. The molecule has 0 aliphatic rings. The second-order valence-corrected chi connectivity index (χ2v) is 5.37. The van der Waals surface area contributed by atoms with Gasteiger partial charge < -0.3 is 15.2 Å². The molecule has 0 aliphatic carbocycles. The molecule has 1 amide bonds. The van der Waals surface area contributed by atoms with Crippen molar-refractivity contribution in [1.29, 1.82) is 0 Å². The first-order chi connectivity index (χ1) is 9.40. The zero-order valence-electron chi connectivity index (χ0n) is 12.2. The molecule has 0 bridgehead atoms. The van der Waals surface area contributed by atoms with E-state index < -0.39 is 11.7 Å². The summed E-state index contributed by atoms with van der Waals surface area (Å²) < 4.78 is 5.12. The molecular weight excluding hydrogens is 256 g/mol. The first-order valence-electron chi connectivity index (χ1n) is 6.60. The second kappa shape index (κ2) is 7.65. The van der Waals surface area contributed by atoms with E-state index in [1.807, 2.05) is 39.0 Å². The Hall–Kier alpha value is -1.88. The van der Waals surface area contributed by atoms with Crippen molar-refractivity contribution >= 4 is 12.2 Å². The van der Waals surface area contributed by atoms with E-state index >= 15 is 0 Å². The van der Waals surface area contributed by atoms with Crippen LogP contribution in [0.25, 0.3) is 6.08 Å². The van der Waals surface area contributed by atoms with Crippen LogP contribution in [0.2, 0.25) is 0 Å². The third-order valence-electron chi connectivity index (χ3n) is 2.30. The van der Waals surface area contributed by atoms with Gasteiger partial charge in [-0.1, -0.05) is 6.08 Å². The average molecular weight is 278 g/mol. The lowest BCUT2D eigenvalue weighted by molar-refractivity contribution is 0.0529. The number of rotatable bonds is 5. The van der Waals surface area contributed by atoms with Crippen molar-refractivity contribution < 1.29 is 14.6 Å². The van der Waals surface area contributed by atoms with Crippen molar-refractivity contribution in [2.24, 2.45) is 0 Å². The van der Waals surface area contributed by atoms with Crippen LogP contribution in [0, 0.1) is 0 Å². The molecule has 0 aromatic carbocycles. The molecule has 1 heterocycles. The van der Waals surface area contributed by atoms with Crippen LogP contribution in [0.1, 0.15) is 38.4 Å². The lowest BCUT2D eigenvalue weighted by Crippen LogP contribution is -2.32. The average Bonchev–Trinajstić information content (AvgIpc) is 2.36. The maximum absolute atomic E-state index is 11.4. The maximum Gasteiger partial charge on any atom is 0.407 e. The van der Waals surface area contributed by atoms with Crippen LogP contribution in [0.15, 0.2) is 24.4 Å². The molecule has 110 valence electrons. The number of aliphatic hydroxyl groups is 1. The number of aliphatic hydroxyl groups excluding tert-OH is 1. The third-order valence-corrected chi connectivity index (χ3v) is 2.30. The fourth-order valence-electron chi connectivity index (χ4n) is 1.46. The third kappa shape index (κ3) is 6.89. The minimum Gasteiger partial charge on any atom is -0.444 e. The number of carbonyl (C=O) groups excluding carboxylic acids is 1. The molecule has 0 spiro atoms. The zero-order chi connectivity index (χ0) is 15.0. The molecule has 1 aromatic rings. The molecule has 0 unspecified atom stereocenters. The van der Waals surface area contributed by atoms with Gasteiger partial charge in [0, 0.05) is 12.7 Å². The summed E-state index contributed by atoms with van der Waals surface area (Å²) in [7, 11) is 0. The molecule has 1 rings (SSSR count). The topological polar surface area (TPSA) is 71.5 Å². The highest BCUT2D eigenvalue weighted by Gasteiger charge is 2.15. The predicted octanol–water partition coefficient (Wildman–Crippen LogP) is 2.50. The van der Waals surface area contributed by atoms with Crippen LogP contribution in [0.5, 0.6) is 0 Å². The van der Waals surface area contributed by atoms with Crippen LogP contribution in [-0.2, 0) is 11.3 Å². The largest absolute Gasteiger partial charge is 0.444 e. The van der Waals surface area contributed by atoms with Gasteiger partial charge in [-0.25, -0.2) is 4.79 Å². The summed E-state index contributed by atoms with van der Waals surface area (Å²) in [5.41, 5.74) is 1.13. The standard InChI is InChI=1S/C15H22N2O3/c1-15(2,3)20-14(19)17-8-5-4-6-13-10-12(11-18)7-9-16-13/h4,6-7,9-10,18H,5,8,11H2,1-3H3,(H,17,19). The molecule has 0 saturated heterocycles. The quantitative estimate of drug-likeness (QED) is 0.812. The molecule has 0 fully saturated rings. The Morgan fingerprint density at radius 3 is 2.90 bits per heavy atom. The van der Waals surface area contributed by atoms with E-state index in [4.69, 9.17) is 9.84 Å². The fourth-order valence-corrected chi connectivity index (χ4v) is 1.46. The lowest BCUT2D eigenvalue weighted by Gasteiger charge is -2.19. The molecule has 0 atom stereocenters. The first-order valence-corrected chi connectivity index (χ1v) is 6.60. The number of hydrogen-bond donors (Lipinski definition) is 2. The highest BCUT2D eigenvalue weighted by molar-refractivity contribution is 5.67. The van der Waals surface area contributed by atoms with Crippen molar-refractivity contribution in [3.63, 3.8) is 0 Å².